The van der Waals surface area contributed by atoms with Gasteiger partial charge in [-0.2, -0.15) is 0 Å². The number of halogens is 1. The molecule has 1 fully saturated rings. The van der Waals surface area contributed by atoms with Crippen molar-refractivity contribution in [2.75, 3.05) is 0 Å². The Labute approximate surface area is 147 Å². The maximum Gasteiger partial charge on any atom is 0.264 e. The highest BCUT2D eigenvalue weighted by atomic mass is 35.5. The molecule has 1 aliphatic heterocycles. The highest BCUT2D eigenvalue weighted by Gasteiger charge is 2.24. The molecule has 0 bridgehead atoms. The number of hydrogen-bond donors (Lipinski definition) is 1. The molecule has 0 unspecified atom stereocenters. The Morgan fingerprint density at radius 3 is 2.58 bits per heavy atom. The summed E-state index contributed by atoms with van der Waals surface area (Å²) in [7, 11) is 0. The van der Waals surface area contributed by atoms with Crippen LogP contribution in [0.25, 0.3) is 6.08 Å². The van der Waals surface area contributed by atoms with Crippen LogP contribution in [0.5, 0.6) is 0 Å². The highest BCUT2D eigenvalue weighted by molar-refractivity contribution is 8.18. The van der Waals surface area contributed by atoms with Crippen LogP contribution in [0.15, 0.2) is 58.4 Å². The molecule has 0 radical (unpaired) electrons. The molecule has 1 heterocycles. The van der Waals surface area contributed by atoms with Crippen LogP contribution in [-0.2, 0) is 4.79 Å². The van der Waals surface area contributed by atoms with E-state index in [4.69, 9.17) is 11.6 Å². The van der Waals surface area contributed by atoms with E-state index < -0.39 is 5.97 Å². The molecule has 1 saturated heterocycles. The van der Waals surface area contributed by atoms with Crippen LogP contribution in [0.1, 0.15) is 15.9 Å². The van der Waals surface area contributed by atoms with Crippen molar-refractivity contribution in [3.05, 3.63) is 69.6 Å². The Morgan fingerprint density at radius 2 is 1.88 bits per heavy atom. The molecule has 2 aromatic rings. The van der Waals surface area contributed by atoms with Crippen LogP contribution in [0.3, 0.4) is 0 Å². The van der Waals surface area contributed by atoms with Crippen molar-refractivity contribution in [2.45, 2.75) is 0 Å². The van der Waals surface area contributed by atoms with E-state index in [9.17, 15) is 14.7 Å². The first-order valence-electron chi connectivity index (χ1n) is 6.88. The van der Waals surface area contributed by atoms with Gasteiger partial charge in [-0.15, -0.1) is 0 Å². The number of carboxylic acids is 1. The molecule has 1 amide bonds. The Hall–Kier alpha value is -2.57. The van der Waals surface area contributed by atoms with Crippen LogP contribution in [0.4, 0.5) is 5.69 Å². The molecule has 3 rings (SSSR count). The number of benzene rings is 2. The number of thioether (sulfide) groups is 1. The van der Waals surface area contributed by atoms with Crippen molar-refractivity contribution in [1.82, 2.24) is 5.32 Å². The number of rotatable bonds is 3. The first-order valence-corrected chi connectivity index (χ1v) is 8.08. The van der Waals surface area contributed by atoms with Crippen molar-refractivity contribution in [1.29, 1.82) is 0 Å². The van der Waals surface area contributed by atoms with E-state index in [1.54, 1.807) is 48.5 Å². The summed E-state index contributed by atoms with van der Waals surface area (Å²) in [4.78, 5) is 27.8. The van der Waals surface area contributed by atoms with Crippen molar-refractivity contribution in [2.24, 2.45) is 4.99 Å². The minimum absolute atomic E-state index is 0.0324. The number of aromatic carboxylic acids is 1. The van der Waals surface area contributed by atoms with E-state index in [-0.39, 0.29) is 17.2 Å². The maximum atomic E-state index is 12.0. The molecule has 1 N–H and O–H groups in total. The first kappa shape index (κ1) is 16.3. The van der Waals surface area contributed by atoms with Gasteiger partial charge < -0.3 is 15.2 Å². The minimum atomic E-state index is -1.32. The van der Waals surface area contributed by atoms with Gasteiger partial charge >= 0.3 is 0 Å². The van der Waals surface area contributed by atoms with Gasteiger partial charge in [-0.3, -0.25) is 4.79 Å². The predicted molar refractivity (Wildman–Crippen MR) is 93.0 cm³/mol. The van der Waals surface area contributed by atoms with Gasteiger partial charge in [0, 0.05) is 10.6 Å². The van der Waals surface area contributed by atoms with Gasteiger partial charge in [0.2, 0.25) is 0 Å². The second-order valence-corrected chi connectivity index (χ2v) is 6.30. The van der Waals surface area contributed by atoms with Crippen molar-refractivity contribution in [3.63, 3.8) is 0 Å². The minimum Gasteiger partial charge on any atom is -0.545 e. The molecule has 0 spiro atoms. The summed E-state index contributed by atoms with van der Waals surface area (Å²) in [6, 6.07) is 13.3. The van der Waals surface area contributed by atoms with E-state index in [0.29, 0.717) is 15.1 Å². The summed E-state index contributed by atoms with van der Waals surface area (Å²) in [5.74, 6) is -1.61. The zero-order chi connectivity index (χ0) is 17.1. The number of amides is 1. The number of hydrogen-bond acceptors (Lipinski definition) is 5. The third-order valence-corrected chi connectivity index (χ3v) is 4.33. The van der Waals surface area contributed by atoms with Gasteiger partial charge in [0.25, 0.3) is 5.91 Å². The Balaban J connectivity index is 1.87. The molecule has 2 aromatic carbocycles. The molecule has 7 heteroatoms. The molecular weight excluding hydrogens is 348 g/mol. The Kier molecular flexibility index (Phi) is 4.69. The van der Waals surface area contributed by atoms with Gasteiger partial charge in [0.15, 0.2) is 5.17 Å². The monoisotopic (exact) mass is 357 g/mol. The number of amidine groups is 1. The first-order chi connectivity index (χ1) is 11.5. The van der Waals surface area contributed by atoms with Crippen LogP contribution in [-0.4, -0.2) is 17.0 Å². The molecule has 0 atom stereocenters. The fourth-order valence-corrected chi connectivity index (χ4v) is 3.00. The third-order valence-electron chi connectivity index (χ3n) is 3.16. The van der Waals surface area contributed by atoms with Gasteiger partial charge in [-0.05, 0) is 41.6 Å². The zero-order valence-corrected chi connectivity index (χ0v) is 13.7. The molecule has 24 heavy (non-hydrogen) atoms. The lowest BCUT2D eigenvalue weighted by molar-refractivity contribution is -0.254. The van der Waals surface area contributed by atoms with Gasteiger partial charge in [-0.25, -0.2) is 4.99 Å². The molecule has 120 valence electrons. The number of para-hydroxylation sites is 1. The van der Waals surface area contributed by atoms with E-state index in [0.717, 1.165) is 17.3 Å². The van der Waals surface area contributed by atoms with E-state index in [2.05, 4.69) is 10.3 Å². The van der Waals surface area contributed by atoms with Gasteiger partial charge in [-0.1, -0.05) is 41.9 Å². The zero-order valence-electron chi connectivity index (χ0n) is 12.2. The lowest BCUT2D eigenvalue weighted by Crippen LogP contribution is -2.23. The maximum absolute atomic E-state index is 12.0. The van der Waals surface area contributed by atoms with Crippen molar-refractivity contribution >= 4 is 52.2 Å². The third kappa shape index (κ3) is 3.67. The molecular formula is C17H10ClN2O3S-. The molecule has 0 aliphatic carbocycles. The normalized spacial score (nSPS) is 17.3. The van der Waals surface area contributed by atoms with Crippen LogP contribution in [0, 0.1) is 0 Å². The number of nitrogens with zero attached hydrogens (tertiary/aromatic N) is 1. The summed E-state index contributed by atoms with van der Waals surface area (Å²) in [6.45, 7) is 0. The summed E-state index contributed by atoms with van der Waals surface area (Å²) in [6.07, 6.45) is 1.71. The number of carbonyl (C=O) groups excluding carboxylic acids is 2. The number of nitrogens with one attached hydrogen (secondary N) is 1. The van der Waals surface area contributed by atoms with Gasteiger partial charge in [0.05, 0.1) is 16.6 Å². The van der Waals surface area contributed by atoms with Crippen LogP contribution in [0.2, 0.25) is 5.02 Å². The van der Waals surface area contributed by atoms with E-state index in [1.807, 2.05) is 0 Å². The summed E-state index contributed by atoms with van der Waals surface area (Å²) in [5, 5.41) is 14.6. The van der Waals surface area contributed by atoms with E-state index >= 15 is 0 Å². The quantitative estimate of drug-likeness (QED) is 0.856. The number of carboxylic acid groups (broad SMARTS) is 1. The van der Waals surface area contributed by atoms with Crippen molar-refractivity contribution in [3.8, 4) is 0 Å². The SMILES string of the molecule is O=C1NC(=Nc2ccccc2C(=O)[O-])S/C1=C\c1ccc(Cl)cc1. The second kappa shape index (κ2) is 6.90. The lowest BCUT2D eigenvalue weighted by atomic mass is 10.2. The second-order valence-electron chi connectivity index (χ2n) is 4.84. The number of carbonyl (C=O) groups is 2. The largest absolute Gasteiger partial charge is 0.545 e. The average Bonchev–Trinajstić information content (AvgIpc) is 2.89. The van der Waals surface area contributed by atoms with Crippen LogP contribution >= 0.6 is 23.4 Å². The fraction of sp³-hybridized carbons (Fsp3) is 0. The topological polar surface area (TPSA) is 81.6 Å². The standard InChI is InChI=1S/C17H11ClN2O3S/c18-11-7-5-10(6-8-11)9-14-15(21)20-17(24-14)19-13-4-2-1-3-12(13)16(22)23/h1-9H,(H,22,23)(H,19,20,21)/p-1/b14-9-. The summed E-state index contributed by atoms with van der Waals surface area (Å²) >= 11 is 6.97. The number of aliphatic imine (C=N–C) groups is 1. The lowest BCUT2D eigenvalue weighted by Gasteiger charge is -2.06. The Bertz CT molecular complexity index is 876. The summed E-state index contributed by atoms with van der Waals surface area (Å²) in [5.41, 5.74) is 1.02. The summed E-state index contributed by atoms with van der Waals surface area (Å²) < 4.78 is 0. The smallest absolute Gasteiger partial charge is 0.264 e. The predicted octanol–water partition coefficient (Wildman–Crippen LogP) is 2.60. The molecule has 0 saturated carbocycles. The van der Waals surface area contributed by atoms with Crippen molar-refractivity contribution < 1.29 is 14.7 Å². The average molecular weight is 358 g/mol. The Morgan fingerprint density at radius 1 is 1.17 bits per heavy atom. The molecule has 5 nitrogen and oxygen atoms in total. The fourth-order valence-electron chi connectivity index (χ4n) is 2.04. The molecule has 0 aromatic heterocycles. The van der Waals surface area contributed by atoms with Crippen LogP contribution < -0.4 is 10.4 Å². The highest BCUT2D eigenvalue weighted by Crippen LogP contribution is 2.29. The molecule has 1 aliphatic rings. The van der Waals surface area contributed by atoms with Gasteiger partial charge in [0.1, 0.15) is 0 Å². The van der Waals surface area contributed by atoms with E-state index in [1.165, 1.54) is 6.07 Å².